The van der Waals surface area contributed by atoms with Crippen molar-refractivity contribution in [2.45, 2.75) is 20.4 Å². The Bertz CT molecular complexity index is 513. The van der Waals surface area contributed by atoms with Gasteiger partial charge in [-0.3, -0.25) is 4.98 Å². The largest absolute Gasteiger partial charge is 0.366 e. The minimum atomic E-state index is 0.495. The molecule has 0 radical (unpaired) electrons. The van der Waals surface area contributed by atoms with E-state index in [0.29, 0.717) is 17.5 Å². The van der Waals surface area contributed by atoms with Crippen LogP contribution in [0.5, 0.6) is 0 Å². The van der Waals surface area contributed by atoms with Crippen LogP contribution >= 0.6 is 11.6 Å². The van der Waals surface area contributed by atoms with E-state index in [-0.39, 0.29) is 0 Å². The Kier molecular flexibility index (Phi) is 3.54. The van der Waals surface area contributed by atoms with E-state index in [1.165, 1.54) is 0 Å². The van der Waals surface area contributed by atoms with Gasteiger partial charge in [-0.25, -0.2) is 9.97 Å². The summed E-state index contributed by atoms with van der Waals surface area (Å²) in [6.45, 7) is 4.41. The first-order valence-corrected chi connectivity index (χ1v) is 5.68. The molecule has 0 atom stereocenters. The lowest BCUT2D eigenvalue weighted by Gasteiger charge is -2.10. The fourth-order valence-electron chi connectivity index (χ4n) is 1.45. The van der Waals surface area contributed by atoms with Crippen LogP contribution in [-0.2, 0) is 6.54 Å². The monoisotopic (exact) mass is 248 g/mol. The number of hydrogen-bond donors (Lipinski definition) is 1. The van der Waals surface area contributed by atoms with Gasteiger partial charge in [0, 0.05) is 24.5 Å². The number of hydrogen-bond acceptors (Lipinski definition) is 4. The van der Waals surface area contributed by atoms with E-state index in [1.54, 1.807) is 12.4 Å². The summed E-state index contributed by atoms with van der Waals surface area (Å²) < 4.78 is 0. The van der Waals surface area contributed by atoms with Gasteiger partial charge in [0.15, 0.2) is 0 Å². The maximum atomic E-state index is 6.00. The molecule has 0 aliphatic heterocycles. The number of rotatable bonds is 3. The molecule has 4 nitrogen and oxygen atoms in total. The van der Waals surface area contributed by atoms with Crippen molar-refractivity contribution < 1.29 is 0 Å². The Balaban J connectivity index is 2.14. The van der Waals surface area contributed by atoms with Crippen molar-refractivity contribution in [1.82, 2.24) is 15.0 Å². The van der Waals surface area contributed by atoms with Crippen molar-refractivity contribution in [3.63, 3.8) is 0 Å². The van der Waals surface area contributed by atoms with E-state index in [4.69, 9.17) is 11.6 Å². The standard InChI is InChI=1S/C12H13ClN4/c1-8-11(13)16-9(2)17-12(8)15-7-10-3-5-14-6-4-10/h3-6H,7H2,1-2H3,(H,15,16,17). The van der Waals surface area contributed by atoms with Gasteiger partial charge in [-0.15, -0.1) is 0 Å². The van der Waals surface area contributed by atoms with Crippen LogP contribution in [0.25, 0.3) is 0 Å². The third-order valence-corrected chi connectivity index (χ3v) is 2.78. The van der Waals surface area contributed by atoms with Crippen LogP contribution < -0.4 is 5.32 Å². The summed E-state index contributed by atoms with van der Waals surface area (Å²) in [5.41, 5.74) is 2.01. The van der Waals surface area contributed by atoms with Crippen molar-refractivity contribution in [3.8, 4) is 0 Å². The van der Waals surface area contributed by atoms with Crippen LogP contribution in [0.3, 0.4) is 0 Å². The molecule has 0 bridgehead atoms. The van der Waals surface area contributed by atoms with Gasteiger partial charge in [-0.1, -0.05) is 11.6 Å². The zero-order chi connectivity index (χ0) is 12.3. The smallest absolute Gasteiger partial charge is 0.137 e. The van der Waals surface area contributed by atoms with E-state index in [2.05, 4.69) is 20.3 Å². The first-order valence-electron chi connectivity index (χ1n) is 5.30. The highest BCUT2D eigenvalue weighted by molar-refractivity contribution is 6.30. The number of halogens is 1. The second-order valence-corrected chi connectivity index (χ2v) is 4.10. The van der Waals surface area contributed by atoms with Crippen LogP contribution in [0.2, 0.25) is 5.15 Å². The van der Waals surface area contributed by atoms with Gasteiger partial charge in [0.1, 0.15) is 16.8 Å². The molecule has 0 aromatic carbocycles. The Morgan fingerprint density at radius 3 is 2.59 bits per heavy atom. The summed E-state index contributed by atoms with van der Waals surface area (Å²) in [7, 11) is 0. The highest BCUT2D eigenvalue weighted by Crippen LogP contribution is 2.19. The number of nitrogens with zero attached hydrogens (tertiary/aromatic N) is 3. The third kappa shape index (κ3) is 2.91. The summed E-state index contributed by atoms with van der Waals surface area (Å²) in [6.07, 6.45) is 3.53. The molecule has 2 heterocycles. The molecule has 5 heteroatoms. The van der Waals surface area contributed by atoms with Gasteiger partial charge >= 0.3 is 0 Å². The molecule has 0 saturated heterocycles. The Hall–Kier alpha value is -1.68. The lowest BCUT2D eigenvalue weighted by Crippen LogP contribution is -2.05. The second-order valence-electron chi connectivity index (χ2n) is 3.74. The van der Waals surface area contributed by atoms with Crippen LogP contribution in [0.1, 0.15) is 17.0 Å². The molecule has 0 saturated carbocycles. The highest BCUT2D eigenvalue weighted by Gasteiger charge is 2.06. The van der Waals surface area contributed by atoms with Gasteiger partial charge in [0.2, 0.25) is 0 Å². The molecule has 0 aliphatic rings. The number of aryl methyl sites for hydroxylation is 1. The van der Waals surface area contributed by atoms with E-state index < -0.39 is 0 Å². The molecule has 2 rings (SSSR count). The van der Waals surface area contributed by atoms with E-state index in [0.717, 1.165) is 16.9 Å². The molecule has 0 aliphatic carbocycles. The van der Waals surface area contributed by atoms with E-state index in [9.17, 15) is 0 Å². The first kappa shape index (κ1) is 11.8. The zero-order valence-electron chi connectivity index (χ0n) is 9.74. The SMILES string of the molecule is Cc1nc(Cl)c(C)c(NCc2ccncc2)n1. The molecule has 17 heavy (non-hydrogen) atoms. The highest BCUT2D eigenvalue weighted by atomic mass is 35.5. The Labute approximate surface area is 105 Å². The van der Waals surface area contributed by atoms with E-state index >= 15 is 0 Å². The van der Waals surface area contributed by atoms with Crippen LogP contribution in [-0.4, -0.2) is 15.0 Å². The molecule has 0 unspecified atom stereocenters. The van der Waals surface area contributed by atoms with Gasteiger partial charge in [-0.2, -0.15) is 0 Å². The van der Waals surface area contributed by atoms with Crippen molar-refractivity contribution in [2.75, 3.05) is 5.32 Å². The van der Waals surface area contributed by atoms with Crippen molar-refractivity contribution in [1.29, 1.82) is 0 Å². The molecule has 0 fully saturated rings. The third-order valence-electron chi connectivity index (χ3n) is 2.41. The normalized spacial score (nSPS) is 10.3. The molecule has 2 aromatic heterocycles. The average molecular weight is 249 g/mol. The second kappa shape index (κ2) is 5.10. The molecule has 88 valence electrons. The van der Waals surface area contributed by atoms with E-state index in [1.807, 2.05) is 26.0 Å². The van der Waals surface area contributed by atoms with Crippen LogP contribution in [0.4, 0.5) is 5.82 Å². The molecule has 1 N–H and O–H groups in total. The topological polar surface area (TPSA) is 50.7 Å². The lowest BCUT2D eigenvalue weighted by molar-refractivity contribution is 1.00. The predicted octanol–water partition coefficient (Wildman–Crippen LogP) is 2.75. The number of nitrogens with one attached hydrogen (secondary N) is 1. The number of pyridine rings is 1. The van der Waals surface area contributed by atoms with Gasteiger partial charge in [-0.05, 0) is 31.5 Å². The van der Waals surface area contributed by atoms with Gasteiger partial charge in [0.05, 0.1) is 0 Å². The lowest BCUT2D eigenvalue weighted by atomic mass is 10.2. The number of anilines is 1. The van der Waals surface area contributed by atoms with Gasteiger partial charge in [0.25, 0.3) is 0 Å². The maximum Gasteiger partial charge on any atom is 0.137 e. The van der Waals surface area contributed by atoms with Crippen LogP contribution in [0.15, 0.2) is 24.5 Å². The molecule has 0 amide bonds. The average Bonchev–Trinajstić information content (AvgIpc) is 2.33. The Morgan fingerprint density at radius 2 is 1.88 bits per heavy atom. The summed E-state index contributed by atoms with van der Waals surface area (Å²) in [5, 5.41) is 3.74. The fraction of sp³-hybridized carbons (Fsp3) is 0.250. The molecule has 2 aromatic rings. The summed E-state index contributed by atoms with van der Waals surface area (Å²) in [5.74, 6) is 1.44. The Morgan fingerprint density at radius 1 is 1.18 bits per heavy atom. The molecule has 0 spiro atoms. The fourth-order valence-corrected chi connectivity index (χ4v) is 1.66. The number of aromatic nitrogens is 3. The quantitative estimate of drug-likeness (QED) is 0.849. The molecular weight excluding hydrogens is 236 g/mol. The maximum absolute atomic E-state index is 6.00. The molecular formula is C12H13ClN4. The zero-order valence-corrected chi connectivity index (χ0v) is 10.5. The van der Waals surface area contributed by atoms with Crippen molar-refractivity contribution in [3.05, 3.63) is 46.6 Å². The summed E-state index contributed by atoms with van der Waals surface area (Å²) >= 11 is 6.00. The minimum Gasteiger partial charge on any atom is -0.366 e. The van der Waals surface area contributed by atoms with Crippen molar-refractivity contribution >= 4 is 17.4 Å². The van der Waals surface area contributed by atoms with Gasteiger partial charge < -0.3 is 5.32 Å². The predicted molar refractivity (Wildman–Crippen MR) is 68.1 cm³/mol. The summed E-state index contributed by atoms with van der Waals surface area (Å²) in [4.78, 5) is 12.4. The first-order chi connectivity index (χ1) is 8.16. The summed E-state index contributed by atoms with van der Waals surface area (Å²) in [6, 6.07) is 3.91. The van der Waals surface area contributed by atoms with Crippen LogP contribution in [0, 0.1) is 13.8 Å². The van der Waals surface area contributed by atoms with Crippen molar-refractivity contribution in [2.24, 2.45) is 0 Å². The minimum absolute atomic E-state index is 0.495.